The van der Waals surface area contributed by atoms with Gasteiger partial charge in [-0.3, -0.25) is 9.69 Å². The first-order chi connectivity index (χ1) is 11.1. The molecule has 4 rings (SSSR count). The van der Waals surface area contributed by atoms with E-state index in [4.69, 9.17) is 14.2 Å². The predicted molar refractivity (Wildman–Crippen MR) is 79.1 cm³/mol. The maximum atomic E-state index is 12.8. The molecule has 1 N–H and O–H groups in total. The monoisotopic (exact) mass is 318 g/mol. The van der Waals surface area contributed by atoms with Crippen molar-refractivity contribution >= 4 is 11.9 Å². The Kier molecular flexibility index (Phi) is 3.19. The summed E-state index contributed by atoms with van der Waals surface area (Å²) in [4.78, 5) is 26.4. The molecule has 0 unspecified atom stereocenters. The first kappa shape index (κ1) is 14.3. The minimum Gasteiger partial charge on any atom is -0.454 e. The normalized spacial score (nSPS) is 29.3. The van der Waals surface area contributed by atoms with Gasteiger partial charge in [-0.1, -0.05) is 6.07 Å². The Morgan fingerprint density at radius 3 is 2.91 bits per heavy atom. The molecule has 3 amide bonds. The average Bonchev–Trinajstić information content (AvgIpc) is 3.25. The van der Waals surface area contributed by atoms with Crippen LogP contribution >= 0.6 is 0 Å². The Hall–Kier alpha value is -2.28. The third-order valence-corrected chi connectivity index (χ3v) is 4.64. The Labute approximate surface area is 133 Å². The van der Waals surface area contributed by atoms with Crippen LogP contribution in [0, 0.1) is 0 Å². The van der Waals surface area contributed by atoms with Crippen LogP contribution in [0.15, 0.2) is 18.2 Å². The summed E-state index contributed by atoms with van der Waals surface area (Å²) in [5, 5.41) is 2.80. The van der Waals surface area contributed by atoms with Gasteiger partial charge in [0.25, 0.3) is 5.91 Å². The Bertz CT molecular complexity index is 670. The molecule has 0 saturated carbocycles. The second-order valence-electron chi connectivity index (χ2n) is 6.17. The van der Waals surface area contributed by atoms with Gasteiger partial charge in [-0.15, -0.1) is 0 Å². The summed E-state index contributed by atoms with van der Waals surface area (Å²) in [7, 11) is 0. The van der Waals surface area contributed by atoms with Crippen LogP contribution in [0.3, 0.4) is 0 Å². The van der Waals surface area contributed by atoms with Crippen LogP contribution < -0.4 is 14.8 Å². The van der Waals surface area contributed by atoms with Crippen molar-refractivity contribution in [1.82, 2.24) is 10.2 Å². The largest absolute Gasteiger partial charge is 0.454 e. The minimum atomic E-state index is -1.10. The molecular formula is C16H18N2O5. The first-order valence-corrected chi connectivity index (χ1v) is 7.74. The number of hydrogen-bond donors (Lipinski definition) is 1. The summed E-state index contributed by atoms with van der Waals surface area (Å²) in [6.07, 6.45) is 1.77. The second kappa shape index (κ2) is 5.13. The summed E-state index contributed by atoms with van der Waals surface area (Å²) in [6, 6.07) is 4.90. The topological polar surface area (TPSA) is 77.1 Å². The van der Waals surface area contributed by atoms with Crippen molar-refractivity contribution in [3.63, 3.8) is 0 Å². The van der Waals surface area contributed by atoms with E-state index in [0.717, 1.165) is 12.8 Å². The van der Waals surface area contributed by atoms with E-state index in [1.165, 1.54) is 4.90 Å². The number of urea groups is 1. The lowest BCUT2D eigenvalue weighted by atomic mass is 9.91. The van der Waals surface area contributed by atoms with Crippen molar-refractivity contribution in [2.75, 3.05) is 19.9 Å². The lowest BCUT2D eigenvalue weighted by Crippen LogP contribution is -2.42. The van der Waals surface area contributed by atoms with E-state index in [1.54, 1.807) is 25.1 Å². The summed E-state index contributed by atoms with van der Waals surface area (Å²) >= 11 is 0. The number of carbonyl (C=O) groups is 2. The number of hydrogen-bond acceptors (Lipinski definition) is 5. The molecule has 0 aliphatic carbocycles. The fourth-order valence-corrected chi connectivity index (χ4v) is 3.26. The maximum Gasteiger partial charge on any atom is 0.325 e. The van der Waals surface area contributed by atoms with Gasteiger partial charge in [0, 0.05) is 6.61 Å². The number of amides is 3. The minimum absolute atomic E-state index is 0.0659. The predicted octanol–water partition coefficient (Wildman–Crippen LogP) is 1.36. The summed E-state index contributed by atoms with van der Waals surface area (Å²) in [5.74, 6) is 0.963. The van der Waals surface area contributed by atoms with Gasteiger partial charge in [0.2, 0.25) is 6.79 Å². The van der Waals surface area contributed by atoms with Gasteiger partial charge in [-0.05, 0) is 37.5 Å². The van der Waals surface area contributed by atoms with Gasteiger partial charge < -0.3 is 19.5 Å². The van der Waals surface area contributed by atoms with E-state index in [9.17, 15) is 9.59 Å². The molecular weight excluding hydrogens is 300 g/mol. The van der Waals surface area contributed by atoms with Crippen LogP contribution in [-0.4, -0.2) is 42.9 Å². The molecule has 1 aromatic carbocycles. The molecule has 0 spiro atoms. The van der Waals surface area contributed by atoms with Gasteiger partial charge in [0.05, 0.1) is 12.6 Å². The number of carbonyl (C=O) groups excluding carboxylic acids is 2. The van der Waals surface area contributed by atoms with Crippen molar-refractivity contribution in [2.24, 2.45) is 0 Å². The molecule has 3 aliphatic heterocycles. The third-order valence-electron chi connectivity index (χ3n) is 4.64. The van der Waals surface area contributed by atoms with Crippen molar-refractivity contribution in [3.8, 4) is 11.5 Å². The summed E-state index contributed by atoms with van der Waals surface area (Å²) < 4.78 is 16.2. The van der Waals surface area contributed by atoms with Gasteiger partial charge in [0.1, 0.15) is 5.54 Å². The number of nitrogens with zero attached hydrogens (tertiary/aromatic N) is 1. The molecule has 2 fully saturated rings. The quantitative estimate of drug-likeness (QED) is 0.852. The summed E-state index contributed by atoms with van der Waals surface area (Å²) in [6.45, 7) is 2.86. The molecule has 1 aromatic rings. The number of nitrogens with one attached hydrogen (secondary N) is 1. The van der Waals surface area contributed by atoms with E-state index in [2.05, 4.69) is 5.32 Å². The Morgan fingerprint density at radius 2 is 2.13 bits per heavy atom. The highest BCUT2D eigenvalue weighted by molar-refractivity contribution is 6.07. The lowest BCUT2D eigenvalue weighted by molar-refractivity contribution is -0.132. The van der Waals surface area contributed by atoms with Crippen molar-refractivity contribution in [1.29, 1.82) is 0 Å². The van der Waals surface area contributed by atoms with E-state index < -0.39 is 5.54 Å². The van der Waals surface area contributed by atoms with Crippen LogP contribution in [0.2, 0.25) is 0 Å². The van der Waals surface area contributed by atoms with Crippen molar-refractivity contribution in [2.45, 2.75) is 31.4 Å². The van der Waals surface area contributed by atoms with E-state index >= 15 is 0 Å². The van der Waals surface area contributed by atoms with E-state index in [-0.39, 0.29) is 24.8 Å². The number of imide groups is 1. The maximum absolute atomic E-state index is 12.8. The zero-order valence-corrected chi connectivity index (χ0v) is 12.8. The van der Waals surface area contributed by atoms with E-state index in [0.29, 0.717) is 30.2 Å². The van der Waals surface area contributed by atoms with Crippen LogP contribution in [-0.2, 0) is 15.1 Å². The lowest BCUT2D eigenvalue weighted by Gasteiger charge is -2.23. The molecule has 2 saturated heterocycles. The zero-order chi connectivity index (χ0) is 16.0. The number of rotatable bonds is 3. The van der Waals surface area contributed by atoms with Crippen LogP contribution in [0.1, 0.15) is 25.3 Å². The molecule has 7 nitrogen and oxygen atoms in total. The molecule has 7 heteroatoms. The number of ether oxygens (including phenoxy) is 3. The van der Waals surface area contributed by atoms with Crippen LogP contribution in [0.5, 0.6) is 11.5 Å². The number of fused-ring (bicyclic) bond motifs is 1. The highest BCUT2D eigenvalue weighted by Crippen LogP contribution is 2.38. The second-order valence-corrected chi connectivity index (χ2v) is 6.17. The van der Waals surface area contributed by atoms with Crippen molar-refractivity contribution < 1.29 is 23.8 Å². The molecule has 3 aliphatic rings. The molecule has 23 heavy (non-hydrogen) atoms. The smallest absolute Gasteiger partial charge is 0.325 e. The van der Waals surface area contributed by atoms with Crippen molar-refractivity contribution in [3.05, 3.63) is 23.8 Å². The van der Waals surface area contributed by atoms with Gasteiger partial charge in [-0.2, -0.15) is 0 Å². The van der Waals surface area contributed by atoms with Crippen LogP contribution in [0.25, 0.3) is 0 Å². The van der Waals surface area contributed by atoms with Gasteiger partial charge >= 0.3 is 6.03 Å². The molecule has 122 valence electrons. The molecule has 2 atom stereocenters. The zero-order valence-electron chi connectivity index (χ0n) is 12.8. The first-order valence-electron chi connectivity index (χ1n) is 7.74. The standard InChI is InChI=1S/C16H18N2O5/c1-16(10-4-5-12-13(7-10)23-9-22-12)14(19)18(15(20)17-16)8-11-3-2-6-21-11/h4-5,7,11H,2-3,6,8-9H2,1H3,(H,17,20)/t11-,16-/m1/s1. The number of benzene rings is 1. The SMILES string of the molecule is C[C@]1(c2ccc3c(c2)OCO3)NC(=O)N(C[C@H]2CCCO2)C1=O. The average molecular weight is 318 g/mol. The molecule has 0 radical (unpaired) electrons. The molecule has 0 bridgehead atoms. The van der Waals surface area contributed by atoms with Crippen LogP contribution in [0.4, 0.5) is 4.79 Å². The van der Waals surface area contributed by atoms with E-state index in [1.807, 2.05) is 0 Å². The Balaban J connectivity index is 1.60. The fourth-order valence-electron chi connectivity index (χ4n) is 3.26. The Morgan fingerprint density at radius 1 is 1.30 bits per heavy atom. The molecule has 3 heterocycles. The fraction of sp³-hybridized carbons (Fsp3) is 0.500. The highest BCUT2D eigenvalue weighted by atomic mass is 16.7. The third kappa shape index (κ3) is 2.23. The highest BCUT2D eigenvalue weighted by Gasteiger charge is 2.50. The van der Waals surface area contributed by atoms with Gasteiger partial charge in [-0.25, -0.2) is 4.79 Å². The molecule has 0 aromatic heterocycles. The van der Waals surface area contributed by atoms with Gasteiger partial charge in [0.15, 0.2) is 11.5 Å². The summed E-state index contributed by atoms with van der Waals surface area (Å²) in [5.41, 5.74) is -0.425.